The zero-order valence-corrected chi connectivity index (χ0v) is 17.5. The number of thioether (sulfide) groups is 1. The number of nitrogens with one attached hydrogen (secondary N) is 1. The first-order valence-electron chi connectivity index (χ1n) is 9.45. The molecule has 9 nitrogen and oxygen atoms in total. The molecule has 3 aromatic carbocycles. The number of hydrazone groups is 1. The van der Waals surface area contributed by atoms with Crippen LogP contribution in [0.25, 0.3) is 0 Å². The number of benzene rings is 3. The van der Waals surface area contributed by atoms with Crippen molar-refractivity contribution in [1.82, 2.24) is 0 Å². The van der Waals surface area contributed by atoms with Crippen LogP contribution in [0.1, 0.15) is 21.8 Å². The highest BCUT2D eigenvalue weighted by Gasteiger charge is 2.19. The van der Waals surface area contributed by atoms with Crippen LogP contribution >= 0.6 is 11.8 Å². The van der Waals surface area contributed by atoms with Crippen LogP contribution in [0.15, 0.2) is 84.0 Å². The SMILES string of the molecule is O=C(SCC(/C=N/Nc1ccc([N+](=O)[O-])cc1[N+](=O)[O-])c1ccccc1)c1ccccc1. The molecule has 0 amide bonds. The lowest BCUT2D eigenvalue weighted by molar-refractivity contribution is -0.393. The molecule has 0 radical (unpaired) electrons. The Hall–Kier alpha value is -4.05. The Morgan fingerprint density at radius 3 is 2.25 bits per heavy atom. The number of non-ortho nitro benzene ring substituents is 1. The lowest BCUT2D eigenvalue weighted by atomic mass is 10.0. The third-order valence-electron chi connectivity index (χ3n) is 4.46. The lowest BCUT2D eigenvalue weighted by Gasteiger charge is -2.12. The number of nitro benzene ring substituents is 2. The summed E-state index contributed by atoms with van der Waals surface area (Å²) in [6.07, 6.45) is 1.56. The highest BCUT2D eigenvalue weighted by Crippen LogP contribution is 2.29. The molecule has 0 aliphatic rings. The predicted molar refractivity (Wildman–Crippen MR) is 124 cm³/mol. The van der Waals surface area contributed by atoms with Crippen molar-refractivity contribution < 1.29 is 14.6 Å². The summed E-state index contributed by atoms with van der Waals surface area (Å²) < 4.78 is 0. The standard InChI is InChI=1S/C22H18N4O5S/c27-22(17-9-5-2-6-10-17)32-15-18(16-7-3-1-4-8-16)14-23-24-20-12-11-19(25(28)29)13-21(20)26(30)31/h1-14,18,24H,15H2/b23-14+. The molecule has 0 bridgehead atoms. The monoisotopic (exact) mass is 450 g/mol. The first-order valence-corrected chi connectivity index (χ1v) is 10.4. The Morgan fingerprint density at radius 2 is 1.62 bits per heavy atom. The average molecular weight is 450 g/mol. The van der Waals surface area contributed by atoms with Crippen LogP contribution in [0, 0.1) is 20.2 Å². The molecule has 10 heteroatoms. The van der Waals surface area contributed by atoms with E-state index in [1.165, 1.54) is 6.07 Å². The Balaban J connectivity index is 1.76. The van der Waals surface area contributed by atoms with Crippen LogP contribution in [-0.4, -0.2) is 26.9 Å². The highest BCUT2D eigenvalue weighted by atomic mass is 32.2. The molecule has 0 aliphatic heterocycles. The maximum absolute atomic E-state index is 12.5. The smallest absolute Gasteiger partial charge is 0.282 e. The van der Waals surface area contributed by atoms with Crippen LogP contribution in [0.4, 0.5) is 17.1 Å². The number of nitrogens with zero attached hydrogens (tertiary/aromatic N) is 3. The average Bonchev–Trinajstić information content (AvgIpc) is 2.82. The summed E-state index contributed by atoms with van der Waals surface area (Å²) in [5, 5.41) is 26.2. The van der Waals surface area contributed by atoms with Gasteiger partial charge in [-0.15, -0.1) is 0 Å². The molecule has 0 saturated heterocycles. The van der Waals surface area contributed by atoms with E-state index < -0.39 is 15.5 Å². The van der Waals surface area contributed by atoms with Gasteiger partial charge in [0.25, 0.3) is 5.69 Å². The van der Waals surface area contributed by atoms with Gasteiger partial charge in [0.05, 0.1) is 15.9 Å². The fourth-order valence-electron chi connectivity index (χ4n) is 2.82. The molecule has 1 N–H and O–H groups in total. The molecule has 32 heavy (non-hydrogen) atoms. The molecule has 0 fully saturated rings. The quantitative estimate of drug-likeness (QED) is 0.267. The summed E-state index contributed by atoms with van der Waals surface area (Å²) in [6.45, 7) is 0. The molecule has 0 heterocycles. The number of hydrogen-bond donors (Lipinski definition) is 1. The van der Waals surface area contributed by atoms with Gasteiger partial charge < -0.3 is 0 Å². The summed E-state index contributed by atoms with van der Waals surface area (Å²) in [6, 6.07) is 21.6. The molecule has 1 unspecified atom stereocenters. The Bertz CT molecular complexity index is 1140. The number of anilines is 1. The van der Waals surface area contributed by atoms with E-state index in [0.29, 0.717) is 11.3 Å². The Morgan fingerprint density at radius 1 is 0.969 bits per heavy atom. The zero-order valence-electron chi connectivity index (χ0n) is 16.7. The van der Waals surface area contributed by atoms with E-state index in [-0.39, 0.29) is 22.4 Å². The van der Waals surface area contributed by atoms with Crippen molar-refractivity contribution >= 4 is 40.2 Å². The topological polar surface area (TPSA) is 128 Å². The van der Waals surface area contributed by atoms with Crippen molar-refractivity contribution in [3.05, 3.63) is 110 Å². The predicted octanol–water partition coefficient (Wildman–Crippen LogP) is 5.26. The second-order valence-electron chi connectivity index (χ2n) is 6.59. The van der Waals surface area contributed by atoms with Gasteiger partial charge in [-0.25, -0.2) is 0 Å². The van der Waals surface area contributed by atoms with E-state index in [1.54, 1.807) is 30.5 Å². The van der Waals surface area contributed by atoms with Gasteiger partial charge in [0.15, 0.2) is 0 Å². The molecule has 3 rings (SSSR count). The van der Waals surface area contributed by atoms with Gasteiger partial charge in [0, 0.05) is 29.5 Å². The van der Waals surface area contributed by atoms with Crippen molar-refractivity contribution in [2.24, 2.45) is 5.10 Å². The van der Waals surface area contributed by atoms with E-state index in [1.807, 2.05) is 36.4 Å². The molecule has 0 spiro atoms. The number of hydrogen-bond acceptors (Lipinski definition) is 8. The van der Waals surface area contributed by atoms with E-state index in [0.717, 1.165) is 29.5 Å². The second-order valence-corrected chi connectivity index (χ2v) is 7.58. The van der Waals surface area contributed by atoms with E-state index in [9.17, 15) is 25.0 Å². The second kappa shape index (κ2) is 10.8. The van der Waals surface area contributed by atoms with Crippen molar-refractivity contribution in [2.75, 3.05) is 11.2 Å². The zero-order chi connectivity index (χ0) is 22.9. The lowest BCUT2D eigenvalue weighted by Crippen LogP contribution is -2.08. The summed E-state index contributed by atoms with van der Waals surface area (Å²) in [5.74, 6) is 0.157. The van der Waals surface area contributed by atoms with Gasteiger partial charge >= 0.3 is 5.69 Å². The van der Waals surface area contributed by atoms with Crippen LogP contribution in [0.2, 0.25) is 0 Å². The molecule has 0 aliphatic carbocycles. The third kappa shape index (κ3) is 5.99. The number of carbonyl (C=O) groups is 1. The number of nitro groups is 2. The summed E-state index contributed by atoms with van der Waals surface area (Å²) in [4.78, 5) is 33.2. The molecule has 1 atom stereocenters. The molecule has 0 aromatic heterocycles. The fraction of sp³-hybridized carbons (Fsp3) is 0.0909. The molecule has 3 aromatic rings. The Labute approximate surface area is 187 Å². The first-order chi connectivity index (χ1) is 15.5. The van der Waals surface area contributed by atoms with Crippen LogP contribution in [0.5, 0.6) is 0 Å². The van der Waals surface area contributed by atoms with Gasteiger partial charge in [0.2, 0.25) is 5.12 Å². The largest absolute Gasteiger partial charge is 0.301 e. The third-order valence-corrected chi connectivity index (χ3v) is 5.48. The van der Waals surface area contributed by atoms with Gasteiger partial charge in [-0.3, -0.25) is 30.4 Å². The minimum absolute atomic E-state index is 0.0247. The van der Waals surface area contributed by atoms with Crippen molar-refractivity contribution in [3.63, 3.8) is 0 Å². The summed E-state index contributed by atoms with van der Waals surface area (Å²) in [7, 11) is 0. The molecular weight excluding hydrogens is 432 g/mol. The minimum atomic E-state index is -0.714. The maximum atomic E-state index is 12.5. The normalized spacial score (nSPS) is 11.8. The van der Waals surface area contributed by atoms with E-state index in [4.69, 9.17) is 0 Å². The van der Waals surface area contributed by atoms with Gasteiger partial charge in [0.1, 0.15) is 5.69 Å². The summed E-state index contributed by atoms with van der Waals surface area (Å²) in [5.41, 5.74) is 3.29. The Kier molecular flexibility index (Phi) is 7.65. The minimum Gasteiger partial charge on any atom is -0.282 e. The van der Waals surface area contributed by atoms with Crippen LogP contribution in [-0.2, 0) is 0 Å². The first kappa shape index (κ1) is 22.6. The highest BCUT2D eigenvalue weighted by molar-refractivity contribution is 8.14. The maximum Gasteiger partial charge on any atom is 0.301 e. The van der Waals surface area contributed by atoms with E-state index >= 15 is 0 Å². The van der Waals surface area contributed by atoms with Crippen molar-refractivity contribution in [2.45, 2.75) is 5.92 Å². The van der Waals surface area contributed by atoms with Gasteiger partial charge in [-0.2, -0.15) is 5.10 Å². The van der Waals surface area contributed by atoms with Crippen molar-refractivity contribution in [3.8, 4) is 0 Å². The molecule has 162 valence electrons. The van der Waals surface area contributed by atoms with Crippen LogP contribution < -0.4 is 5.43 Å². The number of rotatable bonds is 9. The fourth-order valence-corrected chi connectivity index (χ4v) is 3.74. The molecular formula is C22H18N4O5S. The van der Waals surface area contributed by atoms with E-state index in [2.05, 4.69) is 10.5 Å². The summed E-state index contributed by atoms with van der Waals surface area (Å²) >= 11 is 1.15. The van der Waals surface area contributed by atoms with Crippen molar-refractivity contribution in [1.29, 1.82) is 0 Å². The molecule has 0 saturated carbocycles. The number of carbonyl (C=O) groups excluding carboxylic acids is 1. The van der Waals surface area contributed by atoms with Crippen LogP contribution in [0.3, 0.4) is 0 Å². The van der Waals surface area contributed by atoms with Gasteiger partial charge in [-0.05, 0) is 11.6 Å². The van der Waals surface area contributed by atoms with Gasteiger partial charge in [-0.1, -0.05) is 72.4 Å².